The molecule has 0 fully saturated rings. The van der Waals surface area contributed by atoms with Crippen LogP contribution < -0.4 is 0 Å². The summed E-state index contributed by atoms with van der Waals surface area (Å²) in [7, 11) is 0. The molecule has 0 N–H and O–H groups in total. The normalized spacial score (nSPS) is 11.8. The topological polar surface area (TPSA) is 51.8 Å². The van der Waals surface area contributed by atoms with Crippen molar-refractivity contribution >= 4 is 75.0 Å². The van der Waals surface area contributed by atoms with Crippen molar-refractivity contribution < 1.29 is 4.42 Å². The Kier molecular flexibility index (Phi) is 8.36. The Morgan fingerprint density at radius 2 is 0.891 bits per heavy atom. The van der Waals surface area contributed by atoms with E-state index in [-0.39, 0.29) is 0 Å². The summed E-state index contributed by atoms with van der Waals surface area (Å²) in [4.78, 5) is 15.4. The summed E-state index contributed by atoms with van der Waals surface area (Å²) in [6, 6.07) is 75.2. The van der Waals surface area contributed by atoms with Crippen molar-refractivity contribution in [3.05, 3.63) is 212 Å². The van der Waals surface area contributed by atoms with Crippen LogP contribution in [-0.4, -0.2) is 15.0 Å². The molecule has 0 unspecified atom stereocenters. The average molecular weight is 834 g/mol. The molecular formula is C59H35N3OS. The first-order valence-electron chi connectivity index (χ1n) is 21.5. The molecule has 0 amide bonds. The third-order valence-corrected chi connectivity index (χ3v) is 13.7. The second-order valence-corrected chi connectivity index (χ2v) is 17.4. The van der Waals surface area contributed by atoms with Crippen LogP contribution in [0.4, 0.5) is 0 Å². The third kappa shape index (κ3) is 6.09. The molecule has 0 atom stereocenters. The fourth-order valence-electron chi connectivity index (χ4n) is 9.39. The lowest BCUT2D eigenvalue weighted by molar-refractivity contribution is 0.669. The largest absolute Gasteiger partial charge is 0.456 e. The van der Waals surface area contributed by atoms with E-state index in [1.807, 2.05) is 29.5 Å². The van der Waals surface area contributed by atoms with E-state index in [1.54, 1.807) is 0 Å². The van der Waals surface area contributed by atoms with Gasteiger partial charge in [-0.3, -0.25) is 0 Å². The number of thiophene rings is 1. The molecule has 298 valence electrons. The number of aromatic nitrogens is 3. The van der Waals surface area contributed by atoms with Crippen LogP contribution in [-0.2, 0) is 0 Å². The van der Waals surface area contributed by atoms with E-state index in [0.717, 1.165) is 71.7 Å². The molecule has 0 radical (unpaired) electrons. The molecule has 0 spiro atoms. The highest BCUT2D eigenvalue weighted by Gasteiger charge is 2.19. The number of furan rings is 1. The van der Waals surface area contributed by atoms with Crippen molar-refractivity contribution in [2.24, 2.45) is 0 Å². The van der Waals surface area contributed by atoms with Crippen LogP contribution in [0.3, 0.4) is 0 Å². The van der Waals surface area contributed by atoms with Crippen LogP contribution in [0.1, 0.15) is 0 Å². The monoisotopic (exact) mass is 833 g/mol. The second kappa shape index (κ2) is 14.7. The summed E-state index contributed by atoms with van der Waals surface area (Å²) in [5.74, 6) is 1.88. The minimum Gasteiger partial charge on any atom is -0.456 e. The molecule has 4 nitrogen and oxygen atoms in total. The lowest BCUT2D eigenvalue weighted by Gasteiger charge is -2.14. The van der Waals surface area contributed by atoms with Gasteiger partial charge in [-0.05, 0) is 97.4 Å². The van der Waals surface area contributed by atoms with E-state index in [0.29, 0.717) is 17.5 Å². The first kappa shape index (κ1) is 36.4. The van der Waals surface area contributed by atoms with Gasteiger partial charge < -0.3 is 4.42 Å². The fraction of sp³-hybridized carbons (Fsp3) is 0. The number of nitrogens with zero attached hydrogens (tertiary/aromatic N) is 3. The van der Waals surface area contributed by atoms with Crippen LogP contribution >= 0.6 is 11.3 Å². The Bertz CT molecular complexity index is 3960. The van der Waals surface area contributed by atoms with Crippen LogP contribution in [0.2, 0.25) is 0 Å². The van der Waals surface area contributed by atoms with Gasteiger partial charge in [0.25, 0.3) is 0 Å². The summed E-state index contributed by atoms with van der Waals surface area (Å²) in [5.41, 5.74) is 11.4. The quantitative estimate of drug-likeness (QED) is 0.167. The van der Waals surface area contributed by atoms with Crippen LogP contribution in [0.5, 0.6) is 0 Å². The van der Waals surface area contributed by atoms with Gasteiger partial charge in [-0.1, -0.05) is 170 Å². The molecule has 0 saturated carbocycles. The predicted octanol–water partition coefficient (Wildman–Crippen LogP) is 16.4. The Balaban J connectivity index is 0.929. The number of rotatable bonds is 6. The molecule has 13 rings (SSSR count). The second-order valence-electron chi connectivity index (χ2n) is 16.3. The van der Waals surface area contributed by atoms with E-state index in [2.05, 4.69) is 194 Å². The van der Waals surface area contributed by atoms with Crippen LogP contribution in [0.15, 0.2) is 217 Å². The lowest BCUT2D eigenvalue weighted by atomic mass is 9.91. The van der Waals surface area contributed by atoms with Gasteiger partial charge in [0.1, 0.15) is 11.2 Å². The number of benzene rings is 10. The van der Waals surface area contributed by atoms with Crippen molar-refractivity contribution in [3.63, 3.8) is 0 Å². The molecule has 0 bridgehead atoms. The van der Waals surface area contributed by atoms with E-state index in [1.165, 1.54) is 42.1 Å². The fourth-order valence-corrected chi connectivity index (χ4v) is 10.5. The summed E-state index contributed by atoms with van der Waals surface area (Å²) >= 11 is 1.85. The van der Waals surface area contributed by atoms with Crippen molar-refractivity contribution in [2.75, 3.05) is 0 Å². The highest BCUT2D eigenvalue weighted by atomic mass is 32.1. The van der Waals surface area contributed by atoms with E-state index in [4.69, 9.17) is 19.4 Å². The lowest BCUT2D eigenvalue weighted by Crippen LogP contribution is -2.00. The number of hydrogen-bond donors (Lipinski definition) is 0. The van der Waals surface area contributed by atoms with Crippen LogP contribution in [0.25, 0.3) is 131 Å². The number of hydrogen-bond acceptors (Lipinski definition) is 5. The zero-order chi connectivity index (χ0) is 42.1. The van der Waals surface area contributed by atoms with E-state index >= 15 is 0 Å². The maximum absolute atomic E-state index is 6.56. The van der Waals surface area contributed by atoms with Crippen molar-refractivity contribution in [2.45, 2.75) is 0 Å². The third-order valence-electron chi connectivity index (χ3n) is 12.6. The summed E-state index contributed by atoms with van der Waals surface area (Å²) in [5, 5.41) is 9.42. The summed E-state index contributed by atoms with van der Waals surface area (Å²) < 4.78 is 9.16. The maximum Gasteiger partial charge on any atom is 0.164 e. The van der Waals surface area contributed by atoms with Crippen molar-refractivity contribution in [1.82, 2.24) is 15.0 Å². The predicted molar refractivity (Wildman–Crippen MR) is 268 cm³/mol. The van der Waals surface area contributed by atoms with Crippen LogP contribution in [0, 0.1) is 0 Å². The Hall–Kier alpha value is -8.25. The maximum atomic E-state index is 6.56. The molecule has 3 heterocycles. The minimum absolute atomic E-state index is 0.623. The highest BCUT2D eigenvalue weighted by molar-refractivity contribution is 7.25. The smallest absolute Gasteiger partial charge is 0.164 e. The van der Waals surface area contributed by atoms with Gasteiger partial charge in [-0.25, -0.2) is 15.0 Å². The van der Waals surface area contributed by atoms with Gasteiger partial charge in [0.2, 0.25) is 0 Å². The molecule has 3 aromatic heterocycles. The standard InChI is InChI=1S/C59H35N3OS/c1-2-12-38(13-3-1)57-60-58(39-24-21-37(22-25-39)41-26-23-36-11-4-5-14-40(36)33-41)62-59(61-57)50-31-30-46(44-15-6-7-16-45(44)50)49-18-10-19-53-56(49)51-34-42(28-32-52(51)63-53)43-27-29-48-47-17-8-9-20-54(47)64-55(48)35-43/h1-35H. The SMILES string of the molecule is c1ccc(-c2nc(-c3ccc(-c4ccc5ccccc5c4)cc3)nc(-c3ccc(-c4cccc5oc6ccc(-c7ccc8c(c7)sc7ccccc78)cc6c45)c4ccccc34)n2)cc1. The molecule has 0 aliphatic rings. The highest BCUT2D eigenvalue weighted by Crippen LogP contribution is 2.43. The van der Waals surface area contributed by atoms with E-state index in [9.17, 15) is 0 Å². The first-order chi connectivity index (χ1) is 31.7. The van der Waals surface area contributed by atoms with Gasteiger partial charge in [0, 0.05) is 47.6 Å². The van der Waals surface area contributed by atoms with Gasteiger partial charge >= 0.3 is 0 Å². The van der Waals surface area contributed by atoms with Crippen molar-refractivity contribution in [1.29, 1.82) is 0 Å². The molecule has 0 saturated heterocycles. The molecule has 64 heavy (non-hydrogen) atoms. The van der Waals surface area contributed by atoms with E-state index < -0.39 is 0 Å². The Morgan fingerprint density at radius 3 is 1.73 bits per heavy atom. The molecule has 13 aromatic rings. The zero-order valence-corrected chi connectivity index (χ0v) is 35.2. The number of fused-ring (bicyclic) bond motifs is 8. The molecule has 5 heteroatoms. The average Bonchev–Trinajstić information content (AvgIpc) is 3.94. The van der Waals surface area contributed by atoms with Crippen molar-refractivity contribution in [3.8, 4) is 67.5 Å². The van der Waals surface area contributed by atoms with Gasteiger partial charge in [0.05, 0.1) is 0 Å². The zero-order valence-electron chi connectivity index (χ0n) is 34.4. The Labute approximate surface area is 372 Å². The minimum atomic E-state index is 0.623. The molecule has 0 aliphatic carbocycles. The molecule has 0 aliphatic heterocycles. The Morgan fingerprint density at radius 1 is 0.297 bits per heavy atom. The van der Waals surface area contributed by atoms with Gasteiger partial charge in [0.15, 0.2) is 17.5 Å². The first-order valence-corrected chi connectivity index (χ1v) is 22.3. The van der Waals surface area contributed by atoms with Gasteiger partial charge in [-0.15, -0.1) is 11.3 Å². The van der Waals surface area contributed by atoms with Gasteiger partial charge in [-0.2, -0.15) is 0 Å². The summed E-state index contributed by atoms with van der Waals surface area (Å²) in [6.07, 6.45) is 0. The molecular weight excluding hydrogens is 799 g/mol. The summed E-state index contributed by atoms with van der Waals surface area (Å²) in [6.45, 7) is 0. The molecule has 10 aromatic carbocycles.